The second kappa shape index (κ2) is 5.12. The van der Waals surface area contributed by atoms with Crippen molar-refractivity contribution in [2.75, 3.05) is 7.11 Å². The first-order valence-electron chi connectivity index (χ1n) is 4.98. The molecule has 0 fully saturated rings. The number of hydrogen-bond acceptors (Lipinski definition) is 4. The molecule has 0 spiro atoms. The SMILES string of the molecule is COc1ccc([C@@H](NN)c2cccs2)cc1. The summed E-state index contributed by atoms with van der Waals surface area (Å²) in [5.41, 5.74) is 3.96. The third-order valence-electron chi connectivity index (χ3n) is 2.44. The van der Waals surface area contributed by atoms with Gasteiger partial charge < -0.3 is 4.74 Å². The molecule has 3 N–H and O–H groups in total. The van der Waals surface area contributed by atoms with Gasteiger partial charge in [-0.1, -0.05) is 18.2 Å². The molecule has 84 valence electrons. The van der Waals surface area contributed by atoms with Crippen LogP contribution in [-0.4, -0.2) is 7.11 Å². The number of thiophene rings is 1. The van der Waals surface area contributed by atoms with Crippen LogP contribution in [0.4, 0.5) is 0 Å². The van der Waals surface area contributed by atoms with Crippen LogP contribution in [0.15, 0.2) is 41.8 Å². The van der Waals surface area contributed by atoms with Crippen LogP contribution in [0.3, 0.4) is 0 Å². The summed E-state index contributed by atoms with van der Waals surface area (Å²) in [5, 5.41) is 2.04. The molecule has 0 saturated heterocycles. The third-order valence-corrected chi connectivity index (χ3v) is 3.38. The first kappa shape index (κ1) is 11.1. The van der Waals surface area contributed by atoms with Crippen LogP contribution in [-0.2, 0) is 0 Å². The summed E-state index contributed by atoms with van der Waals surface area (Å²) in [6, 6.07) is 12.0. The molecule has 1 heterocycles. The molecule has 0 saturated carbocycles. The van der Waals surface area contributed by atoms with Crippen LogP contribution in [0.1, 0.15) is 16.5 Å². The minimum atomic E-state index is 0.0471. The Morgan fingerprint density at radius 1 is 1.25 bits per heavy atom. The molecular formula is C12H14N2OS. The normalized spacial score (nSPS) is 12.4. The van der Waals surface area contributed by atoms with E-state index in [2.05, 4.69) is 11.5 Å². The van der Waals surface area contributed by atoms with Gasteiger partial charge >= 0.3 is 0 Å². The van der Waals surface area contributed by atoms with Crippen molar-refractivity contribution in [3.05, 3.63) is 52.2 Å². The Morgan fingerprint density at radius 3 is 2.50 bits per heavy atom. The molecule has 0 bridgehead atoms. The number of hydrogen-bond donors (Lipinski definition) is 2. The standard InChI is InChI=1S/C12H14N2OS/c1-15-10-6-4-9(5-7-10)12(14-13)11-3-2-8-16-11/h2-8,12,14H,13H2,1H3/t12-/m1/s1. The maximum Gasteiger partial charge on any atom is 0.118 e. The van der Waals surface area contributed by atoms with E-state index in [4.69, 9.17) is 10.6 Å². The zero-order valence-corrected chi connectivity index (χ0v) is 9.83. The Morgan fingerprint density at radius 2 is 2.00 bits per heavy atom. The van der Waals surface area contributed by atoms with Gasteiger partial charge in [-0.05, 0) is 29.1 Å². The number of nitrogens with two attached hydrogens (primary N) is 1. The first-order valence-corrected chi connectivity index (χ1v) is 5.86. The van der Waals surface area contributed by atoms with E-state index < -0.39 is 0 Å². The van der Waals surface area contributed by atoms with Gasteiger partial charge in [0.05, 0.1) is 13.2 Å². The molecule has 3 nitrogen and oxygen atoms in total. The summed E-state index contributed by atoms with van der Waals surface area (Å²) < 4.78 is 5.12. The van der Waals surface area contributed by atoms with E-state index in [9.17, 15) is 0 Å². The van der Waals surface area contributed by atoms with E-state index >= 15 is 0 Å². The van der Waals surface area contributed by atoms with Gasteiger partial charge in [0, 0.05) is 4.88 Å². The first-order chi connectivity index (χ1) is 7.85. The lowest BCUT2D eigenvalue weighted by atomic mass is 10.1. The van der Waals surface area contributed by atoms with Gasteiger partial charge in [-0.15, -0.1) is 11.3 Å². The number of methoxy groups -OCH3 is 1. The van der Waals surface area contributed by atoms with Crippen LogP contribution in [0, 0.1) is 0 Å². The van der Waals surface area contributed by atoms with E-state index in [1.165, 1.54) is 4.88 Å². The van der Waals surface area contributed by atoms with Crippen LogP contribution in [0.25, 0.3) is 0 Å². The zero-order valence-electron chi connectivity index (χ0n) is 9.01. The molecule has 2 rings (SSSR count). The smallest absolute Gasteiger partial charge is 0.118 e. The Kier molecular flexibility index (Phi) is 3.56. The van der Waals surface area contributed by atoms with Crippen molar-refractivity contribution in [3.8, 4) is 5.75 Å². The summed E-state index contributed by atoms with van der Waals surface area (Å²) in [6.07, 6.45) is 0. The molecular weight excluding hydrogens is 220 g/mol. The Bertz CT molecular complexity index is 425. The minimum absolute atomic E-state index is 0.0471. The fourth-order valence-electron chi connectivity index (χ4n) is 1.59. The van der Waals surface area contributed by atoms with E-state index in [0.717, 1.165) is 11.3 Å². The average molecular weight is 234 g/mol. The van der Waals surface area contributed by atoms with Crippen LogP contribution >= 0.6 is 11.3 Å². The van der Waals surface area contributed by atoms with Crippen molar-refractivity contribution < 1.29 is 4.74 Å². The molecule has 4 heteroatoms. The predicted octanol–water partition coefficient (Wildman–Crippen LogP) is 2.31. The molecule has 1 aromatic heterocycles. The highest BCUT2D eigenvalue weighted by atomic mass is 32.1. The van der Waals surface area contributed by atoms with E-state index in [1.807, 2.05) is 35.7 Å². The summed E-state index contributed by atoms with van der Waals surface area (Å²) in [4.78, 5) is 1.20. The lowest BCUT2D eigenvalue weighted by molar-refractivity contribution is 0.414. The molecule has 0 aliphatic carbocycles. The molecule has 1 atom stereocenters. The highest BCUT2D eigenvalue weighted by Gasteiger charge is 2.12. The maximum atomic E-state index is 5.59. The zero-order chi connectivity index (χ0) is 11.4. The predicted molar refractivity (Wildman–Crippen MR) is 66.5 cm³/mol. The van der Waals surface area contributed by atoms with Gasteiger partial charge in [-0.2, -0.15) is 0 Å². The maximum absolute atomic E-state index is 5.59. The molecule has 0 aliphatic heterocycles. The quantitative estimate of drug-likeness (QED) is 0.630. The van der Waals surface area contributed by atoms with Gasteiger partial charge in [0.2, 0.25) is 0 Å². The average Bonchev–Trinajstić information content (AvgIpc) is 2.85. The molecule has 0 aliphatic rings. The number of benzene rings is 1. The lowest BCUT2D eigenvalue weighted by Gasteiger charge is -2.14. The van der Waals surface area contributed by atoms with Crippen molar-refractivity contribution in [2.24, 2.45) is 5.84 Å². The van der Waals surface area contributed by atoms with E-state index in [-0.39, 0.29) is 6.04 Å². The highest BCUT2D eigenvalue weighted by Crippen LogP contribution is 2.26. The number of hydrazine groups is 1. The topological polar surface area (TPSA) is 47.3 Å². The van der Waals surface area contributed by atoms with Gasteiger partial charge in [0.1, 0.15) is 5.75 Å². The molecule has 0 amide bonds. The fraction of sp³-hybridized carbons (Fsp3) is 0.167. The Labute approximate surface area is 98.8 Å². The minimum Gasteiger partial charge on any atom is -0.497 e. The second-order valence-corrected chi connectivity index (χ2v) is 4.37. The van der Waals surface area contributed by atoms with Crippen molar-refractivity contribution in [1.82, 2.24) is 5.43 Å². The van der Waals surface area contributed by atoms with Gasteiger partial charge in [0.15, 0.2) is 0 Å². The third kappa shape index (κ3) is 2.24. The van der Waals surface area contributed by atoms with Gasteiger partial charge in [-0.25, -0.2) is 5.43 Å². The second-order valence-electron chi connectivity index (χ2n) is 3.39. The van der Waals surface area contributed by atoms with Crippen molar-refractivity contribution in [2.45, 2.75) is 6.04 Å². The van der Waals surface area contributed by atoms with Crippen molar-refractivity contribution in [1.29, 1.82) is 0 Å². The largest absolute Gasteiger partial charge is 0.497 e. The summed E-state index contributed by atoms with van der Waals surface area (Å²) >= 11 is 1.69. The molecule has 0 radical (unpaired) electrons. The summed E-state index contributed by atoms with van der Waals surface area (Å²) in [7, 11) is 1.66. The fourth-order valence-corrected chi connectivity index (χ4v) is 2.41. The van der Waals surface area contributed by atoms with E-state index in [0.29, 0.717) is 0 Å². The van der Waals surface area contributed by atoms with Crippen LogP contribution in [0.5, 0.6) is 5.75 Å². The monoisotopic (exact) mass is 234 g/mol. The number of rotatable bonds is 4. The Balaban J connectivity index is 2.27. The summed E-state index contributed by atoms with van der Waals surface area (Å²) in [6.45, 7) is 0. The van der Waals surface area contributed by atoms with E-state index in [1.54, 1.807) is 18.4 Å². The molecule has 1 aromatic carbocycles. The lowest BCUT2D eigenvalue weighted by Crippen LogP contribution is -2.28. The highest BCUT2D eigenvalue weighted by molar-refractivity contribution is 7.10. The van der Waals surface area contributed by atoms with Crippen molar-refractivity contribution in [3.63, 3.8) is 0 Å². The van der Waals surface area contributed by atoms with Crippen molar-refractivity contribution >= 4 is 11.3 Å². The number of ether oxygens (including phenoxy) is 1. The van der Waals surface area contributed by atoms with Gasteiger partial charge in [0.25, 0.3) is 0 Å². The number of nitrogens with one attached hydrogen (secondary N) is 1. The van der Waals surface area contributed by atoms with Crippen LogP contribution < -0.4 is 16.0 Å². The van der Waals surface area contributed by atoms with Crippen LogP contribution in [0.2, 0.25) is 0 Å². The van der Waals surface area contributed by atoms with Gasteiger partial charge in [-0.3, -0.25) is 5.84 Å². The summed E-state index contributed by atoms with van der Waals surface area (Å²) in [5.74, 6) is 6.44. The molecule has 0 unspecified atom stereocenters. The molecule has 2 aromatic rings. The Hall–Kier alpha value is -1.36. The molecule has 16 heavy (non-hydrogen) atoms.